The van der Waals surface area contributed by atoms with Gasteiger partial charge in [0.25, 0.3) is 0 Å². The summed E-state index contributed by atoms with van der Waals surface area (Å²) < 4.78 is 18.5. The van der Waals surface area contributed by atoms with Gasteiger partial charge in [-0.1, -0.05) is 0 Å². The summed E-state index contributed by atoms with van der Waals surface area (Å²) in [6.45, 7) is 0. The summed E-state index contributed by atoms with van der Waals surface area (Å²) in [6.07, 6.45) is 0. The Morgan fingerprint density at radius 2 is 2.25 bits per heavy atom. The van der Waals surface area contributed by atoms with Gasteiger partial charge >= 0.3 is 37.8 Å². The fourth-order valence-corrected chi connectivity index (χ4v) is 0.335. The maximum absolute atomic E-state index is 10.1. The minimum Gasteiger partial charge on any atom is -1.00 e. The van der Waals surface area contributed by atoms with E-state index >= 15 is 0 Å². The van der Waals surface area contributed by atoms with E-state index in [1.165, 1.54) is 14.2 Å². The van der Waals surface area contributed by atoms with Crippen molar-refractivity contribution in [2.24, 2.45) is 0 Å². The summed E-state index contributed by atoms with van der Waals surface area (Å²) in [5.74, 6) is 0. The van der Waals surface area contributed by atoms with Crippen LogP contribution in [0.5, 0.6) is 0 Å². The molecule has 0 aliphatic heterocycles. The van der Waals surface area contributed by atoms with Crippen LogP contribution in [0.1, 0.15) is 1.43 Å². The van der Waals surface area contributed by atoms with Gasteiger partial charge in [0, 0.05) is 11.6 Å². The largest absolute Gasteiger partial charge is 1.00 e. The van der Waals surface area contributed by atoms with Gasteiger partial charge in [0.05, 0.1) is 7.11 Å². The number of nitrogens with one attached hydrogen (secondary N) is 1. The van der Waals surface area contributed by atoms with Crippen molar-refractivity contribution in [2.45, 2.75) is 0 Å². The van der Waals surface area contributed by atoms with E-state index in [9.17, 15) is 4.57 Å². The SMILES string of the molecule is CNO[P+](=O)OC.[H-].[Na+]. The van der Waals surface area contributed by atoms with E-state index < -0.39 is 8.25 Å². The summed E-state index contributed by atoms with van der Waals surface area (Å²) in [6, 6.07) is 0. The number of hydroxylamine groups is 1. The molecular weight excluding hydrogens is 140 g/mol. The van der Waals surface area contributed by atoms with Crippen LogP contribution in [0.15, 0.2) is 0 Å². The first-order valence-electron chi connectivity index (χ1n) is 1.66. The smallest absolute Gasteiger partial charge is 1.00 e. The monoisotopic (exact) mass is 148 g/mol. The molecule has 0 spiro atoms. The molecule has 1 N–H and O–H groups in total. The Kier molecular flexibility index (Phi) is 11.7. The van der Waals surface area contributed by atoms with Gasteiger partial charge in [-0.05, 0) is 4.62 Å². The van der Waals surface area contributed by atoms with Crippen molar-refractivity contribution >= 4 is 8.25 Å². The summed E-state index contributed by atoms with van der Waals surface area (Å²) in [5.41, 5.74) is 2.21. The summed E-state index contributed by atoms with van der Waals surface area (Å²) in [5, 5.41) is 0. The van der Waals surface area contributed by atoms with E-state index in [0.29, 0.717) is 0 Å². The molecule has 1 unspecified atom stereocenters. The number of rotatable bonds is 3. The molecular formula is C2H8NNaO3P+. The van der Waals surface area contributed by atoms with Gasteiger partial charge in [-0.2, -0.15) is 5.48 Å². The van der Waals surface area contributed by atoms with Gasteiger partial charge in [-0.25, -0.2) is 0 Å². The molecule has 0 aliphatic carbocycles. The zero-order valence-corrected chi connectivity index (χ0v) is 8.07. The Hall–Kier alpha value is 0.980. The second-order valence-electron chi connectivity index (χ2n) is 0.702. The molecule has 0 saturated carbocycles. The average Bonchev–Trinajstić information content (AvgIpc) is 1.68. The maximum atomic E-state index is 10.1. The van der Waals surface area contributed by atoms with E-state index in [0.717, 1.165) is 0 Å². The van der Waals surface area contributed by atoms with Gasteiger partial charge in [0.1, 0.15) is 0 Å². The van der Waals surface area contributed by atoms with Crippen LogP contribution < -0.4 is 35.0 Å². The van der Waals surface area contributed by atoms with Crippen molar-refractivity contribution in [3.63, 3.8) is 0 Å². The van der Waals surface area contributed by atoms with E-state index in [1.807, 2.05) is 0 Å². The van der Waals surface area contributed by atoms with Crippen LogP contribution >= 0.6 is 8.25 Å². The minimum atomic E-state index is -1.94. The second-order valence-corrected chi connectivity index (χ2v) is 1.70. The molecule has 0 rings (SSSR count). The molecule has 0 bridgehead atoms. The second kappa shape index (κ2) is 7.98. The fraction of sp³-hybridized carbons (Fsp3) is 1.00. The molecule has 0 aromatic heterocycles. The van der Waals surface area contributed by atoms with Crippen molar-refractivity contribution in [3.8, 4) is 0 Å². The van der Waals surface area contributed by atoms with E-state index in [4.69, 9.17) is 0 Å². The molecule has 0 heterocycles. The Morgan fingerprint density at radius 1 is 1.75 bits per heavy atom. The number of hydrogen-bond acceptors (Lipinski definition) is 4. The normalized spacial score (nSPS) is 10.0. The molecule has 0 aromatic carbocycles. The first-order chi connectivity index (χ1) is 3.31. The van der Waals surface area contributed by atoms with Crippen LogP contribution in [0, 0.1) is 0 Å². The molecule has 0 saturated heterocycles. The van der Waals surface area contributed by atoms with Gasteiger partial charge in [0.2, 0.25) is 0 Å². The minimum absolute atomic E-state index is 0. The zero-order valence-electron chi connectivity index (χ0n) is 6.17. The van der Waals surface area contributed by atoms with Crippen LogP contribution in [0.4, 0.5) is 0 Å². The topological polar surface area (TPSA) is 47.6 Å². The van der Waals surface area contributed by atoms with Crippen molar-refractivity contribution in [2.75, 3.05) is 14.2 Å². The van der Waals surface area contributed by atoms with Crippen molar-refractivity contribution in [1.29, 1.82) is 0 Å². The van der Waals surface area contributed by atoms with Crippen LogP contribution in [0.3, 0.4) is 0 Å². The predicted octanol–water partition coefficient (Wildman–Crippen LogP) is -2.44. The third kappa shape index (κ3) is 6.98. The number of hydrogen-bond donors (Lipinski definition) is 1. The molecule has 0 aromatic rings. The third-order valence-electron chi connectivity index (χ3n) is 0.315. The predicted molar refractivity (Wildman–Crippen MR) is 25.9 cm³/mol. The molecule has 0 amide bonds. The maximum Gasteiger partial charge on any atom is 1.00 e. The molecule has 1 atom stereocenters. The van der Waals surface area contributed by atoms with Crippen molar-refractivity contribution in [3.05, 3.63) is 0 Å². The molecule has 8 heavy (non-hydrogen) atoms. The first-order valence-corrected chi connectivity index (χ1v) is 2.76. The molecule has 6 heteroatoms. The van der Waals surface area contributed by atoms with E-state index in [2.05, 4.69) is 14.6 Å². The van der Waals surface area contributed by atoms with Crippen LogP contribution in [-0.2, 0) is 13.7 Å². The summed E-state index contributed by atoms with van der Waals surface area (Å²) >= 11 is 0. The van der Waals surface area contributed by atoms with E-state index in [-0.39, 0.29) is 31.0 Å². The van der Waals surface area contributed by atoms with Gasteiger partial charge < -0.3 is 1.43 Å². The Balaban J connectivity index is -0.000000180. The Morgan fingerprint density at radius 3 is 2.38 bits per heavy atom. The molecule has 0 radical (unpaired) electrons. The van der Waals surface area contributed by atoms with Crippen LogP contribution in [-0.4, -0.2) is 14.2 Å². The Labute approximate surface area is 72.6 Å². The third-order valence-corrected chi connectivity index (χ3v) is 0.945. The molecule has 0 aliphatic rings. The van der Waals surface area contributed by atoms with Gasteiger partial charge in [-0.15, -0.1) is 4.52 Å². The molecule has 0 fully saturated rings. The van der Waals surface area contributed by atoms with E-state index in [1.54, 1.807) is 0 Å². The van der Waals surface area contributed by atoms with Crippen LogP contribution in [0.2, 0.25) is 0 Å². The van der Waals surface area contributed by atoms with Crippen LogP contribution in [0.25, 0.3) is 0 Å². The Bertz CT molecular complexity index is 74.8. The summed E-state index contributed by atoms with van der Waals surface area (Å²) in [4.78, 5) is 0. The first kappa shape index (κ1) is 11.7. The molecule has 44 valence electrons. The summed E-state index contributed by atoms with van der Waals surface area (Å²) in [7, 11) is 0.868. The standard InChI is InChI=1S/C2H7NO3P.Na.H/c1-3-6-7(4)5-2;;/h3H,1-2H3;;/q2*+1;-1. The van der Waals surface area contributed by atoms with Gasteiger partial charge in [0.15, 0.2) is 0 Å². The van der Waals surface area contributed by atoms with Crippen molar-refractivity contribution in [1.82, 2.24) is 5.48 Å². The quantitative estimate of drug-likeness (QED) is 0.274. The van der Waals surface area contributed by atoms with Gasteiger partial charge in [-0.3, -0.25) is 0 Å². The zero-order chi connectivity index (χ0) is 5.70. The fourth-order valence-electron chi connectivity index (χ4n) is 0.112. The molecule has 4 nitrogen and oxygen atoms in total. The van der Waals surface area contributed by atoms with Crippen molar-refractivity contribution < 1.29 is 44.7 Å². The average molecular weight is 148 g/mol.